The normalized spacial score (nSPS) is 21.6. The van der Waals surface area contributed by atoms with Crippen LogP contribution in [0.1, 0.15) is 36.9 Å². The van der Waals surface area contributed by atoms with Crippen LogP contribution in [0.15, 0.2) is 18.3 Å². The summed E-state index contributed by atoms with van der Waals surface area (Å²) < 4.78 is 0. The second kappa shape index (κ2) is 7.06. The summed E-state index contributed by atoms with van der Waals surface area (Å²) in [4.78, 5) is 26.9. The third-order valence-corrected chi connectivity index (χ3v) is 3.95. The van der Waals surface area contributed by atoms with Crippen LogP contribution in [0.5, 0.6) is 0 Å². The number of carboxylic acids is 1. The van der Waals surface area contributed by atoms with Gasteiger partial charge in [-0.3, -0.25) is 9.78 Å². The summed E-state index contributed by atoms with van der Waals surface area (Å²) >= 11 is 0. The molecule has 0 atom stereocenters. The average molecular weight is 291 g/mol. The van der Waals surface area contributed by atoms with Crippen LogP contribution in [0, 0.1) is 12.8 Å². The first-order valence-corrected chi connectivity index (χ1v) is 7.24. The zero-order chi connectivity index (χ0) is 15.2. The monoisotopic (exact) mass is 291 g/mol. The highest BCUT2D eigenvalue weighted by atomic mass is 16.4. The second-order valence-electron chi connectivity index (χ2n) is 5.48. The van der Waals surface area contributed by atoms with Crippen LogP contribution >= 0.6 is 0 Å². The third-order valence-electron chi connectivity index (χ3n) is 3.95. The van der Waals surface area contributed by atoms with E-state index in [9.17, 15) is 9.59 Å². The van der Waals surface area contributed by atoms with E-state index < -0.39 is 5.97 Å². The van der Waals surface area contributed by atoms with Gasteiger partial charge < -0.3 is 15.7 Å². The SMILES string of the molecule is Cc1cccnc1CNC(=O)NC1CCC(C(=O)O)CC1. The quantitative estimate of drug-likeness (QED) is 0.789. The van der Waals surface area contributed by atoms with Gasteiger partial charge >= 0.3 is 12.0 Å². The van der Waals surface area contributed by atoms with Crippen molar-refractivity contribution in [2.24, 2.45) is 5.92 Å². The molecule has 1 aromatic heterocycles. The van der Waals surface area contributed by atoms with E-state index in [0.717, 1.165) is 11.3 Å². The van der Waals surface area contributed by atoms with Crippen LogP contribution in [0.2, 0.25) is 0 Å². The fourth-order valence-corrected chi connectivity index (χ4v) is 2.59. The van der Waals surface area contributed by atoms with Crippen molar-refractivity contribution in [2.45, 2.75) is 45.2 Å². The Bertz CT molecular complexity index is 511. The number of amides is 2. The third kappa shape index (κ3) is 4.44. The molecule has 0 aliphatic heterocycles. The molecule has 0 radical (unpaired) electrons. The van der Waals surface area contributed by atoms with Crippen LogP contribution in [-0.2, 0) is 11.3 Å². The lowest BCUT2D eigenvalue weighted by Gasteiger charge is -2.26. The van der Waals surface area contributed by atoms with Crippen LogP contribution in [0.25, 0.3) is 0 Å². The summed E-state index contributed by atoms with van der Waals surface area (Å²) in [5, 5.41) is 14.6. The Kier molecular flexibility index (Phi) is 5.14. The van der Waals surface area contributed by atoms with Gasteiger partial charge in [-0.1, -0.05) is 6.07 Å². The number of carbonyl (C=O) groups excluding carboxylic acids is 1. The van der Waals surface area contributed by atoms with Crippen LogP contribution < -0.4 is 10.6 Å². The van der Waals surface area contributed by atoms with Crippen molar-refractivity contribution in [3.8, 4) is 0 Å². The number of carbonyl (C=O) groups is 2. The predicted octanol–water partition coefficient (Wildman–Crippen LogP) is 1.83. The van der Waals surface area contributed by atoms with E-state index in [0.29, 0.717) is 32.2 Å². The Morgan fingerprint density at radius 1 is 1.33 bits per heavy atom. The van der Waals surface area contributed by atoms with Crippen molar-refractivity contribution in [3.63, 3.8) is 0 Å². The number of nitrogens with one attached hydrogen (secondary N) is 2. The molecule has 0 aromatic carbocycles. The van der Waals surface area contributed by atoms with Gasteiger partial charge in [0, 0.05) is 12.2 Å². The molecule has 0 spiro atoms. The molecule has 1 heterocycles. The van der Waals surface area contributed by atoms with E-state index in [1.54, 1.807) is 6.20 Å². The highest BCUT2D eigenvalue weighted by Crippen LogP contribution is 2.24. The standard InChI is InChI=1S/C15H21N3O3/c1-10-3-2-8-16-13(10)9-17-15(21)18-12-6-4-11(5-7-12)14(19)20/h2-3,8,11-12H,4-7,9H2,1H3,(H,19,20)(H2,17,18,21). The molecule has 3 N–H and O–H groups in total. The number of aromatic nitrogens is 1. The first-order valence-electron chi connectivity index (χ1n) is 7.24. The van der Waals surface area contributed by atoms with Crippen molar-refractivity contribution < 1.29 is 14.7 Å². The minimum Gasteiger partial charge on any atom is -0.481 e. The van der Waals surface area contributed by atoms with Crippen LogP contribution in [-0.4, -0.2) is 28.1 Å². The van der Waals surface area contributed by atoms with E-state index in [1.807, 2.05) is 19.1 Å². The molecule has 6 heteroatoms. The summed E-state index contributed by atoms with van der Waals surface area (Å²) in [5.74, 6) is -0.995. The molecule has 0 unspecified atom stereocenters. The number of hydrogen-bond donors (Lipinski definition) is 3. The first kappa shape index (κ1) is 15.3. The van der Waals surface area contributed by atoms with E-state index in [1.165, 1.54) is 0 Å². The molecule has 0 saturated heterocycles. The summed E-state index contributed by atoms with van der Waals surface area (Å²) in [7, 11) is 0. The first-order chi connectivity index (χ1) is 10.1. The maximum absolute atomic E-state index is 11.8. The number of carboxylic acid groups (broad SMARTS) is 1. The van der Waals surface area contributed by atoms with Gasteiger partial charge in [0.2, 0.25) is 0 Å². The zero-order valence-electron chi connectivity index (χ0n) is 12.1. The zero-order valence-corrected chi connectivity index (χ0v) is 12.1. The van der Waals surface area contributed by atoms with Gasteiger partial charge in [0.25, 0.3) is 0 Å². The van der Waals surface area contributed by atoms with Gasteiger partial charge in [-0.25, -0.2) is 4.79 Å². The lowest BCUT2D eigenvalue weighted by atomic mass is 9.86. The minimum absolute atomic E-state index is 0.0606. The fraction of sp³-hybridized carbons (Fsp3) is 0.533. The van der Waals surface area contributed by atoms with E-state index in [4.69, 9.17) is 5.11 Å². The molecule has 2 rings (SSSR count). The molecule has 6 nitrogen and oxygen atoms in total. The summed E-state index contributed by atoms with van der Waals surface area (Å²) in [5.41, 5.74) is 1.89. The van der Waals surface area contributed by atoms with Crippen molar-refractivity contribution >= 4 is 12.0 Å². The topological polar surface area (TPSA) is 91.3 Å². The molecule has 1 fully saturated rings. The smallest absolute Gasteiger partial charge is 0.315 e. The molecule has 1 aromatic rings. The van der Waals surface area contributed by atoms with Crippen molar-refractivity contribution in [1.82, 2.24) is 15.6 Å². The maximum Gasteiger partial charge on any atom is 0.315 e. The summed E-state index contributed by atoms with van der Waals surface area (Å²) in [6, 6.07) is 3.65. The van der Waals surface area contributed by atoms with E-state index in [-0.39, 0.29) is 18.0 Å². The number of hydrogen-bond acceptors (Lipinski definition) is 3. The Balaban J connectivity index is 1.73. The molecule has 1 saturated carbocycles. The van der Waals surface area contributed by atoms with Crippen molar-refractivity contribution in [1.29, 1.82) is 0 Å². The van der Waals surface area contributed by atoms with Crippen molar-refractivity contribution in [3.05, 3.63) is 29.6 Å². The highest BCUT2D eigenvalue weighted by Gasteiger charge is 2.26. The predicted molar refractivity (Wildman–Crippen MR) is 77.7 cm³/mol. The number of aryl methyl sites for hydroxylation is 1. The largest absolute Gasteiger partial charge is 0.481 e. The van der Waals surface area contributed by atoms with Gasteiger partial charge in [0.15, 0.2) is 0 Å². The van der Waals surface area contributed by atoms with E-state index >= 15 is 0 Å². The molecule has 1 aliphatic carbocycles. The van der Waals surface area contributed by atoms with Crippen LogP contribution in [0.4, 0.5) is 4.79 Å². The van der Waals surface area contributed by atoms with Gasteiger partial charge in [-0.2, -0.15) is 0 Å². The molecule has 1 aliphatic rings. The molecule has 0 bridgehead atoms. The number of rotatable bonds is 4. The molecular formula is C15H21N3O3. The second-order valence-corrected chi connectivity index (χ2v) is 5.48. The van der Waals surface area contributed by atoms with Gasteiger partial charge in [-0.05, 0) is 44.2 Å². The number of pyridine rings is 1. The van der Waals surface area contributed by atoms with Crippen molar-refractivity contribution in [2.75, 3.05) is 0 Å². The van der Waals surface area contributed by atoms with Gasteiger partial charge in [0.05, 0.1) is 18.2 Å². The molecule has 114 valence electrons. The lowest BCUT2D eigenvalue weighted by molar-refractivity contribution is -0.142. The Morgan fingerprint density at radius 2 is 2.05 bits per heavy atom. The maximum atomic E-state index is 11.8. The summed E-state index contributed by atoms with van der Waals surface area (Å²) in [6.45, 7) is 2.35. The molecule has 21 heavy (non-hydrogen) atoms. The Labute approximate surface area is 124 Å². The average Bonchev–Trinajstić information content (AvgIpc) is 2.47. The lowest BCUT2D eigenvalue weighted by Crippen LogP contribution is -2.44. The number of aliphatic carboxylic acids is 1. The van der Waals surface area contributed by atoms with Gasteiger partial charge in [-0.15, -0.1) is 0 Å². The van der Waals surface area contributed by atoms with Crippen LogP contribution in [0.3, 0.4) is 0 Å². The van der Waals surface area contributed by atoms with E-state index in [2.05, 4.69) is 15.6 Å². The molecular weight excluding hydrogens is 270 g/mol. The Hall–Kier alpha value is -2.11. The summed E-state index contributed by atoms with van der Waals surface area (Å²) in [6.07, 6.45) is 4.38. The fourth-order valence-electron chi connectivity index (χ4n) is 2.59. The Morgan fingerprint density at radius 3 is 2.67 bits per heavy atom. The highest BCUT2D eigenvalue weighted by molar-refractivity contribution is 5.74. The van der Waals surface area contributed by atoms with Gasteiger partial charge in [0.1, 0.15) is 0 Å². The molecule has 2 amide bonds. The minimum atomic E-state index is -0.733. The number of urea groups is 1. The number of nitrogens with zero attached hydrogens (tertiary/aromatic N) is 1.